The molecule has 88 valence electrons. The molecular formula is C13H10Cl3N. The Hall–Kier alpha value is -0.760. The van der Waals surface area contributed by atoms with Crippen molar-refractivity contribution in [2.45, 2.75) is 13.8 Å². The lowest BCUT2D eigenvalue weighted by Gasteiger charge is -2.09. The van der Waals surface area contributed by atoms with E-state index in [0.717, 1.165) is 22.4 Å². The number of benzene rings is 1. The fraction of sp³-hybridized carbons (Fsp3) is 0.154. The van der Waals surface area contributed by atoms with E-state index in [1.807, 2.05) is 19.9 Å². The maximum absolute atomic E-state index is 6.19. The quantitative estimate of drug-likeness (QED) is 0.646. The number of hydrogen-bond donors (Lipinski definition) is 0. The average molecular weight is 287 g/mol. The zero-order chi connectivity index (χ0) is 12.6. The summed E-state index contributed by atoms with van der Waals surface area (Å²) in [6, 6.07) is 5.62. The molecule has 2 rings (SSSR count). The molecule has 0 atom stereocenters. The van der Waals surface area contributed by atoms with E-state index in [2.05, 4.69) is 11.1 Å². The molecule has 1 heterocycles. The molecule has 0 spiro atoms. The minimum absolute atomic E-state index is 0.368. The molecule has 0 N–H and O–H groups in total. The van der Waals surface area contributed by atoms with Gasteiger partial charge in [-0.15, -0.1) is 0 Å². The molecule has 1 aromatic heterocycles. The highest BCUT2D eigenvalue weighted by atomic mass is 35.5. The predicted octanol–water partition coefficient (Wildman–Crippen LogP) is 5.33. The number of rotatable bonds is 1. The van der Waals surface area contributed by atoms with Crippen molar-refractivity contribution in [3.8, 4) is 11.3 Å². The zero-order valence-electron chi connectivity index (χ0n) is 9.39. The second-order valence-corrected chi connectivity index (χ2v) is 5.06. The molecule has 0 aliphatic heterocycles. The van der Waals surface area contributed by atoms with Crippen LogP contribution in [0.5, 0.6) is 0 Å². The van der Waals surface area contributed by atoms with Gasteiger partial charge in [0.15, 0.2) is 0 Å². The molecule has 2 aromatic rings. The van der Waals surface area contributed by atoms with Gasteiger partial charge < -0.3 is 0 Å². The van der Waals surface area contributed by atoms with E-state index in [0.29, 0.717) is 15.1 Å². The molecule has 1 nitrogen and oxygen atoms in total. The summed E-state index contributed by atoms with van der Waals surface area (Å²) in [5.41, 5.74) is 3.81. The first-order valence-electron chi connectivity index (χ1n) is 5.08. The van der Waals surface area contributed by atoms with Gasteiger partial charge in [0.05, 0.1) is 20.8 Å². The van der Waals surface area contributed by atoms with Gasteiger partial charge in [0, 0.05) is 11.8 Å². The lowest BCUT2D eigenvalue weighted by atomic mass is 10.1. The fourth-order valence-corrected chi connectivity index (χ4v) is 2.33. The van der Waals surface area contributed by atoms with Crippen molar-refractivity contribution >= 4 is 34.8 Å². The second kappa shape index (κ2) is 4.85. The van der Waals surface area contributed by atoms with Gasteiger partial charge in [-0.1, -0.05) is 40.9 Å². The van der Waals surface area contributed by atoms with Crippen LogP contribution in [0.4, 0.5) is 0 Å². The Morgan fingerprint density at radius 1 is 1.00 bits per heavy atom. The van der Waals surface area contributed by atoms with E-state index in [4.69, 9.17) is 34.8 Å². The third-order valence-corrected chi connectivity index (χ3v) is 3.80. The maximum Gasteiger partial charge on any atom is 0.0785 e. The summed E-state index contributed by atoms with van der Waals surface area (Å²) in [7, 11) is 0. The minimum Gasteiger partial charge on any atom is -0.256 e. The van der Waals surface area contributed by atoms with Crippen molar-refractivity contribution in [1.29, 1.82) is 0 Å². The number of nitrogens with zero attached hydrogens (tertiary/aromatic N) is 1. The molecule has 0 aliphatic rings. The van der Waals surface area contributed by atoms with Gasteiger partial charge in [-0.2, -0.15) is 0 Å². The van der Waals surface area contributed by atoms with Crippen LogP contribution in [0, 0.1) is 13.8 Å². The van der Waals surface area contributed by atoms with Crippen molar-refractivity contribution in [3.05, 3.63) is 50.6 Å². The molecule has 17 heavy (non-hydrogen) atoms. The Labute approximate surface area is 115 Å². The van der Waals surface area contributed by atoms with Crippen LogP contribution in [0.1, 0.15) is 11.1 Å². The van der Waals surface area contributed by atoms with Crippen LogP contribution in [-0.4, -0.2) is 4.98 Å². The summed E-state index contributed by atoms with van der Waals surface area (Å²) >= 11 is 18.1. The number of aromatic nitrogens is 1. The van der Waals surface area contributed by atoms with Crippen LogP contribution in [0.25, 0.3) is 11.3 Å². The number of aryl methyl sites for hydroxylation is 2. The Bertz CT molecular complexity index is 579. The van der Waals surface area contributed by atoms with Crippen molar-refractivity contribution in [3.63, 3.8) is 0 Å². The summed E-state index contributed by atoms with van der Waals surface area (Å²) < 4.78 is 0. The number of halogens is 3. The summed E-state index contributed by atoms with van der Waals surface area (Å²) in [6.45, 7) is 3.99. The standard InChI is InChI=1S/C13H10Cl3N/c1-7-5-8(2)13(17-6-7)9-3-4-10(14)12(16)11(9)15/h3-6H,1-2H3. The van der Waals surface area contributed by atoms with Crippen molar-refractivity contribution in [2.75, 3.05) is 0 Å². The van der Waals surface area contributed by atoms with Gasteiger partial charge >= 0.3 is 0 Å². The molecule has 1 aromatic carbocycles. The highest BCUT2D eigenvalue weighted by Crippen LogP contribution is 2.38. The molecular weight excluding hydrogens is 277 g/mol. The Balaban J connectivity index is 2.65. The summed E-state index contributed by atoms with van der Waals surface area (Å²) in [5.74, 6) is 0. The molecule has 0 fully saturated rings. The second-order valence-electron chi connectivity index (χ2n) is 3.90. The van der Waals surface area contributed by atoms with Crippen LogP contribution in [0.15, 0.2) is 24.4 Å². The van der Waals surface area contributed by atoms with Gasteiger partial charge in [0.1, 0.15) is 0 Å². The largest absolute Gasteiger partial charge is 0.256 e. The Morgan fingerprint density at radius 2 is 1.71 bits per heavy atom. The third kappa shape index (κ3) is 2.42. The molecule has 0 saturated carbocycles. The van der Waals surface area contributed by atoms with Crippen LogP contribution in [0.3, 0.4) is 0 Å². The average Bonchev–Trinajstić information content (AvgIpc) is 2.28. The monoisotopic (exact) mass is 285 g/mol. The lowest BCUT2D eigenvalue weighted by molar-refractivity contribution is 1.22. The van der Waals surface area contributed by atoms with Crippen LogP contribution in [-0.2, 0) is 0 Å². The van der Waals surface area contributed by atoms with E-state index in [9.17, 15) is 0 Å². The predicted molar refractivity (Wildman–Crippen MR) is 74.2 cm³/mol. The highest BCUT2D eigenvalue weighted by Gasteiger charge is 2.13. The lowest BCUT2D eigenvalue weighted by Crippen LogP contribution is -1.91. The molecule has 0 unspecified atom stereocenters. The number of pyridine rings is 1. The third-order valence-electron chi connectivity index (χ3n) is 2.51. The van der Waals surface area contributed by atoms with E-state index < -0.39 is 0 Å². The van der Waals surface area contributed by atoms with Crippen LogP contribution >= 0.6 is 34.8 Å². The normalized spacial score (nSPS) is 10.6. The van der Waals surface area contributed by atoms with Gasteiger partial charge in [-0.25, -0.2) is 0 Å². The maximum atomic E-state index is 6.19. The van der Waals surface area contributed by atoms with Crippen LogP contribution in [0.2, 0.25) is 15.1 Å². The molecule has 0 bridgehead atoms. The van der Waals surface area contributed by atoms with Crippen molar-refractivity contribution in [1.82, 2.24) is 4.98 Å². The van der Waals surface area contributed by atoms with E-state index in [1.54, 1.807) is 12.3 Å². The van der Waals surface area contributed by atoms with Crippen LogP contribution < -0.4 is 0 Å². The minimum atomic E-state index is 0.368. The first kappa shape index (κ1) is 12.7. The molecule has 0 amide bonds. The molecule has 0 saturated heterocycles. The first-order valence-corrected chi connectivity index (χ1v) is 6.21. The highest BCUT2D eigenvalue weighted by molar-refractivity contribution is 6.49. The van der Waals surface area contributed by atoms with Crippen molar-refractivity contribution < 1.29 is 0 Å². The Kier molecular flexibility index (Phi) is 3.62. The summed E-state index contributed by atoms with van der Waals surface area (Å²) in [6.07, 6.45) is 1.81. The fourth-order valence-electron chi connectivity index (χ4n) is 1.71. The molecule has 4 heteroatoms. The Morgan fingerprint density at radius 3 is 2.35 bits per heavy atom. The van der Waals surface area contributed by atoms with E-state index >= 15 is 0 Å². The van der Waals surface area contributed by atoms with Crippen molar-refractivity contribution in [2.24, 2.45) is 0 Å². The number of hydrogen-bond acceptors (Lipinski definition) is 1. The topological polar surface area (TPSA) is 12.9 Å². The van der Waals surface area contributed by atoms with E-state index in [-0.39, 0.29) is 0 Å². The van der Waals surface area contributed by atoms with Gasteiger partial charge in [-0.05, 0) is 37.1 Å². The molecule has 0 aliphatic carbocycles. The summed E-state index contributed by atoms with van der Waals surface area (Å²) in [5, 5.41) is 1.26. The zero-order valence-corrected chi connectivity index (χ0v) is 11.7. The first-order chi connectivity index (χ1) is 8.00. The van der Waals surface area contributed by atoms with Gasteiger partial charge in [0.25, 0.3) is 0 Å². The molecule has 0 radical (unpaired) electrons. The SMILES string of the molecule is Cc1cnc(-c2ccc(Cl)c(Cl)c2Cl)c(C)c1. The summed E-state index contributed by atoms with van der Waals surface area (Å²) in [4.78, 5) is 4.39. The van der Waals surface area contributed by atoms with Gasteiger partial charge in [-0.3, -0.25) is 4.98 Å². The van der Waals surface area contributed by atoms with Gasteiger partial charge in [0.2, 0.25) is 0 Å². The smallest absolute Gasteiger partial charge is 0.0785 e. The van der Waals surface area contributed by atoms with E-state index in [1.165, 1.54) is 0 Å².